The Kier molecular flexibility index (Phi) is 3.20. The number of hydrogen-bond donors (Lipinski definition) is 2. The molecule has 1 aliphatic carbocycles. The highest BCUT2D eigenvalue weighted by molar-refractivity contribution is 5.17. The zero-order valence-electron chi connectivity index (χ0n) is 14.4. The van der Waals surface area contributed by atoms with E-state index < -0.39 is 0 Å². The molecule has 4 saturated heterocycles. The van der Waals surface area contributed by atoms with E-state index in [4.69, 9.17) is 0 Å². The number of fused-ring (bicyclic) bond motifs is 5. The molecule has 5 fully saturated rings. The van der Waals surface area contributed by atoms with Crippen molar-refractivity contribution in [2.75, 3.05) is 19.6 Å². The summed E-state index contributed by atoms with van der Waals surface area (Å²) in [7, 11) is 0. The molecule has 0 spiro atoms. The van der Waals surface area contributed by atoms with Crippen LogP contribution < -0.4 is 10.6 Å². The average molecular weight is 303 g/mol. The number of nitrogens with zero attached hydrogens (tertiary/aromatic N) is 1. The van der Waals surface area contributed by atoms with Crippen LogP contribution in [0.2, 0.25) is 0 Å². The minimum absolute atomic E-state index is 0.542. The fourth-order valence-electron chi connectivity index (χ4n) is 7.50. The van der Waals surface area contributed by atoms with Gasteiger partial charge in [-0.25, -0.2) is 0 Å². The molecule has 22 heavy (non-hydrogen) atoms. The van der Waals surface area contributed by atoms with Gasteiger partial charge in [-0.05, 0) is 68.4 Å². The molecule has 4 heterocycles. The molecule has 1 saturated carbocycles. The lowest BCUT2D eigenvalue weighted by Crippen LogP contribution is -2.67. The highest BCUT2D eigenvalue weighted by atomic mass is 15.3. The highest BCUT2D eigenvalue weighted by Gasteiger charge is 2.63. The topological polar surface area (TPSA) is 27.3 Å². The highest BCUT2D eigenvalue weighted by Crippen LogP contribution is 2.59. The number of hydrogen-bond acceptors (Lipinski definition) is 3. The van der Waals surface area contributed by atoms with Crippen LogP contribution in [0.4, 0.5) is 0 Å². The number of rotatable bonds is 0. The SMILES string of the molecule is CC1(C)C2CCNCC2N2C3CCCNC3C3CCCC1C32. The van der Waals surface area contributed by atoms with Crippen LogP contribution in [-0.4, -0.2) is 48.7 Å². The first-order valence-corrected chi connectivity index (χ1v) is 9.91. The summed E-state index contributed by atoms with van der Waals surface area (Å²) in [4.78, 5) is 3.08. The fraction of sp³-hybridized carbons (Fsp3) is 1.00. The van der Waals surface area contributed by atoms with Gasteiger partial charge in [-0.2, -0.15) is 0 Å². The lowest BCUT2D eigenvalue weighted by atomic mass is 9.55. The van der Waals surface area contributed by atoms with E-state index in [1.54, 1.807) is 0 Å². The van der Waals surface area contributed by atoms with Gasteiger partial charge >= 0.3 is 0 Å². The second-order valence-electron chi connectivity index (χ2n) is 9.32. The zero-order chi connectivity index (χ0) is 14.9. The molecule has 0 aromatic rings. The largest absolute Gasteiger partial charge is 0.315 e. The van der Waals surface area contributed by atoms with E-state index in [1.165, 1.54) is 58.2 Å². The summed E-state index contributed by atoms with van der Waals surface area (Å²) >= 11 is 0. The molecule has 0 radical (unpaired) electrons. The molecule has 0 aromatic carbocycles. The molecule has 2 N–H and O–H groups in total. The Morgan fingerprint density at radius 3 is 2.73 bits per heavy atom. The summed E-state index contributed by atoms with van der Waals surface area (Å²) < 4.78 is 0. The van der Waals surface area contributed by atoms with Gasteiger partial charge in [-0.15, -0.1) is 0 Å². The summed E-state index contributed by atoms with van der Waals surface area (Å²) in [5.74, 6) is 2.79. The first-order chi connectivity index (χ1) is 10.7. The molecule has 7 atom stereocenters. The minimum atomic E-state index is 0.542. The summed E-state index contributed by atoms with van der Waals surface area (Å²) in [5.41, 5.74) is 0.542. The van der Waals surface area contributed by atoms with Gasteiger partial charge in [0.1, 0.15) is 0 Å². The average Bonchev–Trinajstić information content (AvgIpc) is 2.88. The lowest BCUT2D eigenvalue weighted by molar-refractivity contribution is -0.118. The number of nitrogens with one attached hydrogen (secondary N) is 2. The Labute approximate surface area is 135 Å². The first-order valence-electron chi connectivity index (χ1n) is 9.91. The van der Waals surface area contributed by atoms with Crippen LogP contribution in [0.15, 0.2) is 0 Å². The van der Waals surface area contributed by atoms with Crippen molar-refractivity contribution in [2.24, 2.45) is 23.2 Å². The fourth-order valence-corrected chi connectivity index (χ4v) is 7.50. The maximum atomic E-state index is 3.95. The first kappa shape index (κ1) is 14.2. The number of piperidine rings is 3. The molecule has 3 heteroatoms. The third-order valence-electron chi connectivity index (χ3n) is 8.31. The Morgan fingerprint density at radius 2 is 1.82 bits per heavy atom. The standard InChI is InChI=1S/C19H33N3/c1-19(2)13-8-10-20-11-16(13)22-15-7-4-9-21-17(15)12-5-3-6-14(19)18(12)22/h12-18,20-21H,3-11H2,1-2H3. The van der Waals surface area contributed by atoms with Crippen LogP contribution in [0.25, 0.3) is 0 Å². The van der Waals surface area contributed by atoms with Gasteiger partial charge in [-0.1, -0.05) is 20.3 Å². The normalized spacial score (nSPS) is 53.5. The summed E-state index contributed by atoms with van der Waals surface area (Å²) in [6, 6.07) is 3.33. The summed E-state index contributed by atoms with van der Waals surface area (Å²) in [6.45, 7) is 8.99. The van der Waals surface area contributed by atoms with Gasteiger partial charge in [0.2, 0.25) is 0 Å². The lowest BCUT2D eigenvalue weighted by Gasteiger charge is -2.61. The third-order valence-corrected chi connectivity index (χ3v) is 8.31. The molecule has 4 aliphatic heterocycles. The quantitative estimate of drug-likeness (QED) is 0.718. The van der Waals surface area contributed by atoms with Crippen molar-refractivity contribution in [1.29, 1.82) is 0 Å². The van der Waals surface area contributed by atoms with Gasteiger partial charge in [0.25, 0.3) is 0 Å². The van der Waals surface area contributed by atoms with Crippen molar-refractivity contribution in [1.82, 2.24) is 15.5 Å². The van der Waals surface area contributed by atoms with Gasteiger partial charge < -0.3 is 10.6 Å². The van der Waals surface area contributed by atoms with E-state index in [0.717, 1.165) is 41.9 Å². The second-order valence-corrected chi connectivity index (χ2v) is 9.32. The van der Waals surface area contributed by atoms with Gasteiger partial charge in [-0.3, -0.25) is 4.90 Å². The van der Waals surface area contributed by atoms with Crippen molar-refractivity contribution in [3.63, 3.8) is 0 Å². The van der Waals surface area contributed by atoms with E-state index in [1.807, 2.05) is 0 Å². The van der Waals surface area contributed by atoms with Crippen LogP contribution in [0.1, 0.15) is 52.4 Å². The van der Waals surface area contributed by atoms with Crippen molar-refractivity contribution >= 4 is 0 Å². The summed E-state index contributed by atoms with van der Waals surface area (Å²) in [5, 5.41) is 7.69. The predicted molar refractivity (Wildman–Crippen MR) is 89.8 cm³/mol. The van der Waals surface area contributed by atoms with E-state index in [2.05, 4.69) is 29.4 Å². The van der Waals surface area contributed by atoms with Gasteiger partial charge in [0.05, 0.1) is 0 Å². The van der Waals surface area contributed by atoms with Crippen LogP contribution in [0, 0.1) is 23.2 Å². The Balaban J connectivity index is 1.59. The van der Waals surface area contributed by atoms with Crippen LogP contribution >= 0.6 is 0 Å². The maximum Gasteiger partial charge on any atom is 0.0266 e. The third kappa shape index (κ3) is 1.74. The minimum Gasteiger partial charge on any atom is -0.315 e. The Bertz CT molecular complexity index is 448. The van der Waals surface area contributed by atoms with E-state index >= 15 is 0 Å². The molecular formula is C19H33N3. The molecule has 3 nitrogen and oxygen atoms in total. The smallest absolute Gasteiger partial charge is 0.0266 e. The van der Waals surface area contributed by atoms with Gasteiger partial charge in [0.15, 0.2) is 0 Å². The molecule has 5 rings (SSSR count). The molecule has 5 aliphatic rings. The van der Waals surface area contributed by atoms with Crippen molar-refractivity contribution in [3.8, 4) is 0 Å². The van der Waals surface area contributed by atoms with E-state index in [9.17, 15) is 0 Å². The molecular weight excluding hydrogens is 270 g/mol. The molecule has 0 amide bonds. The Hall–Kier alpha value is -0.120. The van der Waals surface area contributed by atoms with Crippen molar-refractivity contribution in [2.45, 2.75) is 76.5 Å². The van der Waals surface area contributed by atoms with E-state index in [0.29, 0.717) is 5.41 Å². The van der Waals surface area contributed by atoms with Crippen molar-refractivity contribution in [3.05, 3.63) is 0 Å². The molecule has 7 unspecified atom stereocenters. The summed E-state index contributed by atoms with van der Waals surface area (Å²) in [6.07, 6.45) is 8.67. The maximum absolute atomic E-state index is 3.95. The second kappa shape index (κ2) is 4.94. The zero-order valence-corrected chi connectivity index (χ0v) is 14.4. The molecule has 0 aromatic heterocycles. The van der Waals surface area contributed by atoms with Gasteiger partial charge in [0, 0.05) is 30.7 Å². The molecule has 0 bridgehead atoms. The van der Waals surface area contributed by atoms with Crippen LogP contribution in [-0.2, 0) is 0 Å². The Morgan fingerprint density at radius 1 is 0.909 bits per heavy atom. The predicted octanol–water partition coefficient (Wildman–Crippen LogP) is 2.23. The molecule has 124 valence electrons. The van der Waals surface area contributed by atoms with E-state index in [-0.39, 0.29) is 0 Å². The van der Waals surface area contributed by atoms with Crippen LogP contribution in [0.3, 0.4) is 0 Å². The monoisotopic (exact) mass is 303 g/mol. The van der Waals surface area contributed by atoms with Crippen LogP contribution in [0.5, 0.6) is 0 Å². The van der Waals surface area contributed by atoms with Crippen molar-refractivity contribution < 1.29 is 0 Å².